The fraction of sp³-hybridized carbons (Fsp3) is 0.143. The minimum atomic E-state index is -0.876. The van der Waals surface area contributed by atoms with Crippen molar-refractivity contribution in [2.24, 2.45) is 0 Å². The van der Waals surface area contributed by atoms with Crippen LogP contribution < -0.4 is 5.32 Å². The Kier molecular flexibility index (Phi) is 5.58. The molecule has 0 aliphatic heterocycles. The Hall–Kier alpha value is -4.30. The van der Waals surface area contributed by atoms with E-state index in [2.05, 4.69) is 20.4 Å². The molecule has 4 heterocycles. The quantitative estimate of drug-likeness (QED) is 0.374. The monoisotopic (exact) mass is 480 g/mol. The van der Waals surface area contributed by atoms with Crippen LogP contribution in [-0.2, 0) is 13.0 Å². The first kappa shape index (κ1) is 22.2. The van der Waals surface area contributed by atoms with Crippen LogP contribution in [0.5, 0.6) is 0 Å². The van der Waals surface area contributed by atoms with Crippen molar-refractivity contribution < 1.29 is 8.78 Å². The third kappa shape index (κ3) is 3.95. The fourth-order valence-corrected chi connectivity index (χ4v) is 4.60. The molecule has 0 saturated heterocycles. The average molecular weight is 481 g/mol. The van der Waals surface area contributed by atoms with Gasteiger partial charge in [-0.1, -0.05) is 12.1 Å². The van der Waals surface area contributed by atoms with Gasteiger partial charge < -0.3 is 5.32 Å². The van der Waals surface area contributed by atoms with Crippen molar-refractivity contribution in [3.8, 4) is 11.1 Å². The molecule has 1 N–H and O–H groups in total. The molecule has 1 aromatic carbocycles. The molecule has 0 amide bonds. The molecular weight excluding hydrogens is 458 g/mol. The van der Waals surface area contributed by atoms with E-state index in [-0.39, 0.29) is 0 Å². The molecule has 0 bridgehead atoms. The predicted octanol–water partition coefficient (Wildman–Crippen LogP) is 4.90. The summed E-state index contributed by atoms with van der Waals surface area (Å²) < 4.78 is 29.7. The van der Waals surface area contributed by atoms with Crippen LogP contribution in [0.3, 0.4) is 0 Å². The Labute approximate surface area is 206 Å². The summed E-state index contributed by atoms with van der Waals surface area (Å²) in [5, 5.41) is 7.55. The highest BCUT2D eigenvalue weighted by Gasteiger charge is 2.26. The number of nitrogens with zero attached hydrogens (tertiary/aromatic N) is 5. The fourth-order valence-electron chi connectivity index (χ4n) is 4.60. The summed E-state index contributed by atoms with van der Waals surface area (Å²) in [4.78, 5) is 14.2. The molecule has 4 aromatic heterocycles. The SMILES string of the molecule is CNCCn1cc(-c2cnc3ccc(C4=C(c5ccc(F)c(F)c5)Cc5cccnc54)nc3c2)cn1. The van der Waals surface area contributed by atoms with Crippen LogP contribution in [0, 0.1) is 11.6 Å². The average Bonchev–Trinajstić information content (AvgIpc) is 3.53. The minimum Gasteiger partial charge on any atom is -0.318 e. The van der Waals surface area contributed by atoms with Crippen LogP contribution in [0.1, 0.15) is 22.5 Å². The van der Waals surface area contributed by atoms with Gasteiger partial charge in [0.05, 0.1) is 35.2 Å². The van der Waals surface area contributed by atoms with E-state index in [0.717, 1.165) is 63.7 Å². The first-order valence-electron chi connectivity index (χ1n) is 11.7. The van der Waals surface area contributed by atoms with Gasteiger partial charge in [0.15, 0.2) is 11.6 Å². The molecule has 1 aliphatic rings. The van der Waals surface area contributed by atoms with Crippen LogP contribution in [0.15, 0.2) is 73.3 Å². The Balaban J connectivity index is 1.46. The summed E-state index contributed by atoms with van der Waals surface area (Å²) in [7, 11) is 1.91. The van der Waals surface area contributed by atoms with Gasteiger partial charge in [-0.05, 0) is 60.1 Å². The third-order valence-corrected chi connectivity index (χ3v) is 6.42. The van der Waals surface area contributed by atoms with Crippen molar-refractivity contribution in [2.45, 2.75) is 13.0 Å². The molecule has 6 rings (SSSR count). The molecule has 0 saturated carbocycles. The largest absolute Gasteiger partial charge is 0.318 e. The number of aromatic nitrogens is 5. The van der Waals surface area contributed by atoms with Gasteiger partial charge >= 0.3 is 0 Å². The summed E-state index contributed by atoms with van der Waals surface area (Å²) in [6, 6.07) is 13.7. The Morgan fingerprint density at radius 2 is 1.83 bits per heavy atom. The van der Waals surface area contributed by atoms with E-state index < -0.39 is 11.6 Å². The van der Waals surface area contributed by atoms with Crippen molar-refractivity contribution in [3.05, 3.63) is 107 Å². The zero-order valence-corrected chi connectivity index (χ0v) is 19.5. The van der Waals surface area contributed by atoms with E-state index in [4.69, 9.17) is 4.98 Å². The summed E-state index contributed by atoms with van der Waals surface area (Å²) in [5.74, 6) is -1.75. The second kappa shape index (κ2) is 9.05. The molecule has 1 aliphatic carbocycles. The second-order valence-corrected chi connectivity index (χ2v) is 8.72. The molecule has 0 unspecified atom stereocenters. The highest BCUT2D eigenvalue weighted by Crippen LogP contribution is 2.41. The summed E-state index contributed by atoms with van der Waals surface area (Å²) >= 11 is 0. The van der Waals surface area contributed by atoms with Crippen molar-refractivity contribution in [2.75, 3.05) is 13.6 Å². The zero-order chi connectivity index (χ0) is 24.6. The minimum absolute atomic E-state index is 0.563. The lowest BCUT2D eigenvalue weighted by atomic mass is 9.98. The highest BCUT2D eigenvalue weighted by molar-refractivity contribution is 6.02. The summed E-state index contributed by atoms with van der Waals surface area (Å²) in [6.07, 6.45) is 7.93. The first-order valence-corrected chi connectivity index (χ1v) is 11.7. The number of halogens is 2. The van der Waals surface area contributed by atoms with Crippen LogP contribution in [-0.4, -0.2) is 38.3 Å². The lowest BCUT2D eigenvalue weighted by Crippen LogP contribution is -2.14. The molecule has 5 aromatic rings. The second-order valence-electron chi connectivity index (χ2n) is 8.72. The highest BCUT2D eigenvalue weighted by atomic mass is 19.2. The van der Waals surface area contributed by atoms with E-state index in [1.54, 1.807) is 12.3 Å². The normalized spacial score (nSPS) is 13.0. The van der Waals surface area contributed by atoms with Crippen molar-refractivity contribution in [3.63, 3.8) is 0 Å². The van der Waals surface area contributed by atoms with Crippen molar-refractivity contribution in [1.82, 2.24) is 30.0 Å². The van der Waals surface area contributed by atoms with Crippen LogP contribution in [0.4, 0.5) is 8.78 Å². The van der Waals surface area contributed by atoms with E-state index >= 15 is 0 Å². The van der Waals surface area contributed by atoms with Gasteiger partial charge in [-0.25, -0.2) is 13.8 Å². The van der Waals surface area contributed by atoms with Gasteiger partial charge in [0.25, 0.3) is 0 Å². The van der Waals surface area contributed by atoms with Crippen LogP contribution in [0.25, 0.3) is 33.3 Å². The number of pyridine rings is 3. The summed E-state index contributed by atoms with van der Waals surface area (Å²) in [6.45, 7) is 1.60. The molecule has 36 heavy (non-hydrogen) atoms. The van der Waals surface area contributed by atoms with Gasteiger partial charge in [-0.3, -0.25) is 14.6 Å². The maximum absolute atomic E-state index is 14.1. The number of allylic oxidation sites excluding steroid dienone is 1. The van der Waals surface area contributed by atoms with Gasteiger partial charge in [0.1, 0.15) is 0 Å². The lowest BCUT2D eigenvalue weighted by molar-refractivity contribution is 0.508. The van der Waals surface area contributed by atoms with Gasteiger partial charge in [-0.15, -0.1) is 0 Å². The van der Waals surface area contributed by atoms with E-state index in [1.165, 1.54) is 6.07 Å². The molecule has 0 atom stereocenters. The number of likely N-dealkylation sites (N-methyl/N-ethyl adjacent to an activating group) is 1. The smallest absolute Gasteiger partial charge is 0.159 e. The van der Waals surface area contributed by atoms with E-state index in [0.29, 0.717) is 17.7 Å². The number of rotatable bonds is 6. The Morgan fingerprint density at radius 3 is 2.69 bits per heavy atom. The molecule has 178 valence electrons. The van der Waals surface area contributed by atoms with Crippen LogP contribution in [0.2, 0.25) is 0 Å². The Morgan fingerprint density at radius 1 is 0.917 bits per heavy atom. The predicted molar refractivity (Wildman–Crippen MR) is 135 cm³/mol. The third-order valence-electron chi connectivity index (χ3n) is 6.42. The maximum atomic E-state index is 14.1. The zero-order valence-electron chi connectivity index (χ0n) is 19.5. The molecule has 0 radical (unpaired) electrons. The molecule has 0 fully saturated rings. The lowest BCUT2D eigenvalue weighted by Gasteiger charge is -2.10. The topological polar surface area (TPSA) is 68.5 Å². The van der Waals surface area contributed by atoms with E-state index in [1.807, 2.05) is 60.7 Å². The first-order chi connectivity index (χ1) is 17.6. The number of fused-ring (bicyclic) bond motifs is 2. The van der Waals surface area contributed by atoms with E-state index in [9.17, 15) is 8.78 Å². The van der Waals surface area contributed by atoms with Gasteiger partial charge in [0, 0.05) is 48.3 Å². The van der Waals surface area contributed by atoms with Gasteiger partial charge in [0.2, 0.25) is 0 Å². The molecule has 8 heteroatoms. The molecule has 0 spiro atoms. The molecular formula is C28H22F2N6. The van der Waals surface area contributed by atoms with Crippen molar-refractivity contribution >= 4 is 22.2 Å². The maximum Gasteiger partial charge on any atom is 0.159 e. The summed E-state index contributed by atoms with van der Waals surface area (Å²) in [5.41, 5.74) is 8.22. The Bertz CT molecular complexity index is 1640. The number of benzene rings is 1. The number of hydrogen-bond acceptors (Lipinski definition) is 5. The van der Waals surface area contributed by atoms with Gasteiger partial charge in [-0.2, -0.15) is 5.10 Å². The van der Waals surface area contributed by atoms with Crippen molar-refractivity contribution in [1.29, 1.82) is 0 Å². The molecule has 6 nitrogen and oxygen atoms in total. The standard InChI is InChI=1S/C28H22F2N6/c1-31-9-10-36-16-20(15-34-36)19-13-26-24(33-14-19)6-7-25(35-26)27-21(11-18-3-2-8-32-28(18)27)17-4-5-22(29)23(30)12-17/h2-8,12-16,31H,9-11H2,1H3. The number of hydrogen-bond donors (Lipinski definition) is 1. The van der Waals surface area contributed by atoms with Crippen LogP contribution >= 0.6 is 0 Å². The number of nitrogens with one attached hydrogen (secondary N) is 1.